The van der Waals surface area contributed by atoms with Crippen LogP contribution in [0.15, 0.2) is 18.2 Å². The van der Waals surface area contributed by atoms with Crippen molar-refractivity contribution in [3.05, 3.63) is 23.8 Å². The van der Waals surface area contributed by atoms with Crippen LogP contribution < -0.4 is 9.47 Å². The molecule has 1 heterocycles. The fourth-order valence-electron chi connectivity index (χ4n) is 2.15. The van der Waals surface area contributed by atoms with Crippen molar-refractivity contribution in [3.8, 4) is 11.5 Å². The number of benzene rings is 1. The molecule has 0 fully saturated rings. The van der Waals surface area contributed by atoms with E-state index in [0.29, 0.717) is 11.5 Å². The highest BCUT2D eigenvalue weighted by atomic mass is 16.7. The molecule has 0 saturated carbocycles. The minimum absolute atomic E-state index is 0.209. The van der Waals surface area contributed by atoms with Gasteiger partial charge in [-0.15, -0.1) is 0 Å². The van der Waals surface area contributed by atoms with Crippen molar-refractivity contribution < 1.29 is 24.1 Å². The average molecular weight is 266 g/mol. The molecule has 1 atom stereocenters. The number of Topliss-reactive ketones (excluding diaryl/α,β-unsaturated/α-hetero) is 1. The van der Waals surface area contributed by atoms with Crippen LogP contribution in [-0.4, -0.2) is 36.0 Å². The zero-order valence-electron chi connectivity index (χ0n) is 11.5. The Morgan fingerprint density at radius 1 is 1.37 bits per heavy atom. The second kappa shape index (κ2) is 4.51. The van der Waals surface area contributed by atoms with Crippen molar-refractivity contribution in [3.63, 3.8) is 0 Å². The zero-order chi connectivity index (χ0) is 14.3. The second-order valence-corrected chi connectivity index (χ2v) is 4.88. The van der Waals surface area contributed by atoms with Crippen LogP contribution in [0.25, 0.3) is 0 Å². The van der Waals surface area contributed by atoms with Crippen molar-refractivity contribution in [2.75, 3.05) is 13.7 Å². The molecule has 5 heteroatoms. The topological polar surface area (TPSA) is 65.0 Å². The Kier molecular flexibility index (Phi) is 3.28. The van der Waals surface area contributed by atoms with E-state index in [-0.39, 0.29) is 12.2 Å². The van der Waals surface area contributed by atoms with Crippen molar-refractivity contribution in [2.24, 2.45) is 0 Å². The SMILES string of the molecule is CCOC1(O)C(=O)c2ccc(OC)cc2OC1(C)C. The van der Waals surface area contributed by atoms with Gasteiger partial charge in [0.1, 0.15) is 11.5 Å². The van der Waals surface area contributed by atoms with E-state index in [0.717, 1.165) is 0 Å². The largest absolute Gasteiger partial charge is 0.497 e. The number of rotatable bonds is 3. The molecule has 0 saturated heterocycles. The van der Waals surface area contributed by atoms with Crippen molar-refractivity contribution >= 4 is 5.78 Å². The number of methoxy groups -OCH3 is 1. The van der Waals surface area contributed by atoms with Gasteiger partial charge in [-0.25, -0.2) is 0 Å². The standard InChI is InChI=1S/C14H18O5/c1-5-18-14(16)12(15)10-7-6-9(17-4)8-11(10)19-13(14,2)3/h6-8,16H,5H2,1-4H3. The highest BCUT2D eigenvalue weighted by Crippen LogP contribution is 2.41. The Bertz CT molecular complexity index is 509. The highest BCUT2D eigenvalue weighted by Gasteiger charge is 2.57. The van der Waals surface area contributed by atoms with E-state index in [1.807, 2.05) is 0 Å². The smallest absolute Gasteiger partial charge is 0.272 e. The van der Waals surface area contributed by atoms with Crippen LogP contribution in [-0.2, 0) is 4.74 Å². The van der Waals surface area contributed by atoms with E-state index in [4.69, 9.17) is 14.2 Å². The summed E-state index contributed by atoms with van der Waals surface area (Å²) in [7, 11) is 1.54. The van der Waals surface area contributed by atoms with Gasteiger partial charge in [0.25, 0.3) is 5.79 Å². The van der Waals surface area contributed by atoms with E-state index in [1.54, 1.807) is 39.0 Å². The maximum Gasteiger partial charge on any atom is 0.272 e. The molecule has 104 valence electrons. The average Bonchev–Trinajstić information content (AvgIpc) is 2.36. The lowest BCUT2D eigenvalue weighted by Gasteiger charge is -2.44. The third kappa shape index (κ3) is 1.99. The van der Waals surface area contributed by atoms with Crippen LogP contribution in [0.3, 0.4) is 0 Å². The van der Waals surface area contributed by atoms with Gasteiger partial charge in [-0.2, -0.15) is 0 Å². The molecule has 5 nitrogen and oxygen atoms in total. The van der Waals surface area contributed by atoms with Gasteiger partial charge >= 0.3 is 0 Å². The Morgan fingerprint density at radius 3 is 2.63 bits per heavy atom. The van der Waals surface area contributed by atoms with Crippen molar-refractivity contribution in [1.82, 2.24) is 0 Å². The Hall–Kier alpha value is -1.59. The Morgan fingerprint density at radius 2 is 2.05 bits per heavy atom. The first kappa shape index (κ1) is 13.8. The zero-order valence-corrected chi connectivity index (χ0v) is 11.5. The number of ether oxygens (including phenoxy) is 3. The lowest BCUT2D eigenvalue weighted by atomic mass is 9.86. The minimum Gasteiger partial charge on any atom is -0.497 e. The van der Waals surface area contributed by atoms with Gasteiger partial charge in [-0.05, 0) is 32.9 Å². The predicted molar refractivity (Wildman–Crippen MR) is 68.6 cm³/mol. The number of ketones is 1. The van der Waals surface area contributed by atoms with E-state index in [9.17, 15) is 9.90 Å². The number of hydrogen-bond acceptors (Lipinski definition) is 5. The van der Waals surface area contributed by atoms with E-state index < -0.39 is 17.2 Å². The molecule has 0 amide bonds. The van der Waals surface area contributed by atoms with Gasteiger partial charge in [0, 0.05) is 12.7 Å². The normalized spacial score (nSPS) is 24.6. The first-order chi connectivity index (χ1) is 8.85. The lowest BCUT2D eigenvalue weighted by molar-refractivity contribution is -0.247. The molecule has 1 aliphatic heterocycles. The summed E-state index contributed by atoms with van der Waals surface area (Å²) in [4.78, 5) is 12.4. The molecule has 0 aliphatic carbocycles. The summed E-state index contributed by atoms with van der Waals surface area (Å²) in [5.41, 5.74) is -0.893. The summed E-state index contributed by atoms with van der Waals surface area (Å²) >= 11 is 0. The fraction of sp³-hybridized carbons (Fsp3) is 0.500. The third-order valence-corrected chi connectivity index (χ3v) is 3.28. The van der Waals surface area contributed by atoms with Gasteiger partial charge in [0.15, 0.2) is 5.60 Å². The van der Waals surface area contributed by atoms with Crippen LogP contribution in [0.5, 0.6) is 11.5 Å². The first-order valence-corrected chi connectivity index (χ1v) is 6.14. The molecule has 0 spiro atoms. The number of fused-ring (bicyclic) bond motifs is 1. The predicted octanol–water partition coefficient (Wildman–Crippen LogP) is 1.77. The highest BCUT2D eigenvalue weighted by molar-refractivity contribution is 6.05. The molecular weight excluding hydrogens is 248 g/mol. The van der Waals surface area contributed by atoms with Crippen LogP contribution in [0.1, 0.15) is 31.1 Å². The molecule has 1 aromatic rings. The van der Waals surface area contributed by atoms with E-state index in [2.05, 4.69) is 0 Å². The molecule has 1 aliphatic rings. The molecule has 1 aromatic carbocycles. The van der Waals surface area contributed by atoms with E-state index in [1.165, 1.54) is 7.11 Å². The monoisotopic (exact) mass is 266 g/mol. The molecule has 0 bridgehead atoms. The van der Waals surface area contributed by atoms with Gasteiger partial charge < -0.3 is 19.3 Å². The summed E-state index contributed by atoms with van der Waals surface area (Å²) in [5, 5.41) is 10.5. The summed E-state index contributed by atoms with van der Waals surface area (Å²) in [5.74, 6) is -1.50. The van der Waals surface area contributed by atoms with Gasteiger partial charge in [-0.1, -0.05) is 0 Å². The molecule has 19 heavy (non-hydrogen) atoms. The van der Waals surface area contributed by atoms with Crippen LogP contribution in [0, 0.1) is 0 Å². The fourth-order valence-corrected chi connectivity index (χ4v) is 2.15. The summed E-state index contributed by atoms with van der Waals surface area (Å²) in [6.07, 6.45) is 0. The van der Waals surface area contributed by atoms with Gasteiger partial charge in [-0.3, -0.25) is 4.79 Å². The number of aliphatic hydroxyl groups is 1. The number of hydrogen-bond donors (Lipinski definition) is 1. The maximum atomic E-state index is 12.4. The maximum absolute atomic E-state index is 12.4. The molecule has 1 unspecified atom stereocenters. The molecule has 0 radical (unpaired) electrons. The summed E-state index contributed by atoms with van der Waals surface area (Å²) in [6.45, 7) is 5.15. The molecule has 1 N–H and O–H groups in total. The quantitative estimate of drug-likeness (QED) is 0.845. The van der Waals surface area contributed by atoms with Gasteiger partial charge in [0.05, 0.1) is 12.7 Å². The van der Waals surface area contributed by atoms with Crippen molar-refractivity contribution in [1.29, 1.82) is 0 Å². The lowest BCUT2D eigenvalue weighted by Crippen LogP contribution is -2.63. The first-order valence-electron chi connectivity index (χ1n) is 6.14. The molecular formula is C14H18O5. The summed E-state index contributed by atoms with van der Waals surface area (Å²) in [6, 6.07) is 4.83. The van der Waals surface area contributed by atoms with Crippen LogP contribution >= 0.6 is 0 Å². The summed E-state index contributed by atoms with van der Waals surface area (Å²) < 4.78 is 16.1. The van der Waals surface area contributed by atoms with E-state index >= 15 is 0 Å². The second-order valence-electron chi connectivity index (χ2n) is 4.88. The van der Waals surface area contributed by atoms with Gasteiger partial charge in [0.2, 0.25) is 5.78 Å². The number of carbonyl (C=O) groups excluding carboxylic acids is 1. The molecule has 2 rings (SSSR count). The van der Waals surface area contributed by atoms with Crippen LogP contribution in [0.4, 0.5) is 0 Å². The minimum atomic E-state index is -1.98. The van der Waals surface area contributed by atoms with Crippen molar-refractivity contribution in [2.45, 2.75) is 32.2 Å². The molecule has 0 aromatic heterocycles. The van der Waals surface area contributed by atoms with Crippen LogP contribution in [0.2, 0.25) is 0 Å². The Balaban J connectivity index is 2.53. The third-order valence-electron chi connectivity index (χ3n) is 3.28. The number of carbonyl (C=O) groups is 1. The Labute approximate surface area is 112 Å².